The van der Waals surface area contributed by atoms with Gasteiger partial charge in [-0.05, 0) is 48.0 Å². The van der Waals surface area contributed by atoms with Gasteiger partial charge in [-0.2, -0.15) is 0 Å². The summed E-state index contributed by atoms with van der Waals surface area (Å²) in [6, 6.07) is 21.7. The van der Waals surface area contributed by atoms with E-state index in [1.165, 1.54) is 7.11 Å². The molecule has 28 heavy (non-hydrogen) atoms. The molecule has 0 aliphatic carbocycles. The first-order valence-corrected chi connectivity index (χ1v) is 8.95. The van der Waals surface area contributed by atoms with Crippen molar-refractivity contribution in [3.05, 3.63) is 89.5 Å². The monoisotopic (exact) mass is 378 g/mol. The number of carbonyl (C=O) groups excluding carboxylic acids is 1. The van der Waals surface area contributed by atoms with E-state index < -0.39 is 0 Å². The van der Waals surface area contributed by atoms with Crippen LogP contribution in [0.15, 0.2) is 72.8 Å². The van der Waals surface area contributed by atoms with Crippen molar-refractivity contribution in [2.24, 2.45) is 0 Å². The maximum Gasteiger partial charge on any atom is 0.338 e. The minimum atomic E-state index is -0.376. The predicted octanol–water partition coefficient (Wildman–Crippen LogP) is 4.38. The third-order valence-electron chi connectivity index (χ3n) is 4.21. The summed E-state index contributed by atoms with van der Waals surface area (Å²) in [5, 5.41) is 9.29. The molecule has 0 heterocycles. The quantitative estimate of drug-likeness (QED) is 0.589. The molecule has 0 aliphatic rings. The molecule has 3 aromatic rings. The van der Waals surface area contributed by atoms with Crippen LogP contribution in [0.1, 0.15) is 21.5 Å². The van der Waals surface area contributed by atoms with Crippen molar-refractivity contribution in [3.8, 4) is 17.2 Å². The van der Waals surface area contributed by atoms with Crippen molar-refractivity contribution in [2.75, 3.05) is 13.7 Å². The number of benzene rings is 3. The van der Waals surface area contributed by atoms with E-state index in [2.05, 4.69) is 0 Å². The molecule has 0 unspecified atom stereocenters. The molecular weight excluding hydrogens is 356 g/mol. The number of phenolic OH excluding ortho intramolecular Hbond substituents is 1. The molecule has 144 valence electrons. The molecule has 0 saturated carbocycles. The molecule has 5 heteroatoms. The van der Waals surface area contributed by atoms with Crippen molar-refractivity contribution in [2.45, 2.75) is 13.0 Å². The summed E-state index contributed by atoms with van der Waals surface area (Å²) in [5.74, 6) is 1.27. The predicted molar refractivity (Wildman–Crippen MR) is 106 cm³/mol. The second-order valence-electron chi connectivity index (χ2n) is 6.18. The number of carbonyl (C=O) groups is 1. The van der Waals surface area contributed by atoms with Crippen molar-refractivity contribution in [1.82, 2.24) is 0 Å². The first kappa shape index (κ1) is 19.3. The van der Waals surface area contributed by atoms with E-state index in [-0.39, 0.29) is 18.3 Å². The molecule has 0 saturated heterocycles. The molecule has 0 aromatic heterocycles. The molecule has 0 aliphatic heterocycles. The van der Waals surface area contributed by atoms with Crippen molar-refractivity contribution in [1.29, 1.82) is 0 Å². The Hall–Kier alpha value is -3.47. The van der Waals surface area contributed by atoms with E-state index in [9.17, 15) is 9.90 Å². The van der Waals surface area contributed by atoms with Crippen LogP contribution in [0.3, 0.4) is 0 Å². The van der Waals surface area contributed by atoms with Crippen LogP contribution in [-0.2, 0) is 17.8 Å². The van der Waals surface area contributed by atoms with Gasteiger partial charge in [0.15, 0.2) is 0 Å². The number of phenols is 1. The normalized spacial score (nSPS) is 10.3. The van der Waals surface area contributed by atoms with Crippen LogP contribution in [0.4, 0.5) is 0 Å². The highest BCUT2D eigenvalue weighted by atomic mass is 16.5. The Labute approximate surface area is 164 Å². The lowest BCUT2D eigenvalue weighted by molar-refractivity contribution is 0.0597. The Balaban J connectivity index is 1.56. The highest BCUT2D eigenvalue weighted by Gasteiger charge is 2.11. The van der Waals surface area contributed by atoms with Gasteiger partial charge in [-0.15, -0.1) is 0 Å². The van der Waals surface area contributed by atoms with Crippen LogP contribution in [-0.4, -0.2) is 24.8 Å². The van der Waals surface area contributed by atoms with Gasteiger partial charge in [-0.3, -0.25) is 0 Å². The fourth-order valence-corrected chi connectivity index (χ4v) is 2.74. The molecule has 0 bridgehead atoms. The van der Waals surface area contributed by atoms with Crippen molar-refractivity contribution >= 4 is 5.97 Å². The van der Waals surface area contributed by atoms with E-state index in [1.54, 1.807) is 36.4 Å². The van der Waals surface area contributed by atoms with E-state index in [0.29, 0.717) is 17.9 Å². The molecule has 3 aromatic carbocycles. The summed E-state index contributed by atoms with van der Waals surface area (Å²) < 4.78 is 16.4. The minimum absolute atomic E-state index is 0.214. The van der Waals surface area contributed by atoms with E-state index >= 15 is 0 Å². The van der Waals surface area contributed by atoms with Crippen LogP contribution in [0.25, 0.3) is 0 Å². The third kappa shape index (κ3) is 5.27. The van der Waals surface area contributed by atoms with Crippen LogP contribution >= 0.6 is 0 Å². The zero-order valence-electron chi connectivity index (χ0n) is 15.6. The zero-order chi connectivity index (χ0) is 19.8. The first-order chi connectivity index (χ1) is 13.7. The molecule has 0 atom stereocenters. The fourth-order valence-electron chi connectivity index (χ4n) is 2.74. The average Bonchev–Trinajstić information content (AvgIpc) is 2.73. The average molecular weight is 378 g/mol. The number of methoxy groups -OCH3 is 1. The Morgan fingerprint density at radius 2 is 1.68 bits per heavy atom. The van der Waals surface area contributed by atoms with Gasteiger partial charge >= 0.3 is 5.97 Å². The summed E-state index contributed by atoms with van der Waals surface area (Å²) >= 11 is 0. The van der Waals surface area contributed by atoms with Gasteiger partial charge in [0, 0.05) is 12.0 Å². The summed E-state index contributed by atoms with van der Waals surface area (Å²) in [4.78, 5) is 11.8. The molecule has 0 radical (unpaired) electrons. The van der Waals surface area contributed by atoms with Crippen LogP contribution in [0.5, 0.6) is 17.2 Å². The molecule has 0 fully saturated rings. The second kappa shape index (κ2) is 9.46. The topological polar surface area (TPSA) is 65.0 Å². The smallest absolute Gasteiger partial charge is 0.338 e. The van der Waals surface area contributed by atoms with Gasteiger partial charge in [0.05, 0.1) is 19.3 Å². The summed E-state index contributed by atoms with van der Waals surface area (Å²) in [7, 11) is 1.36. The number of aromatic hydroxyl groups is 1. The van der Waals surface area contributed by atoms with Gasteiger partial charge in [-0.1, -0.05) is 30.3 Å². The molecular formula is C23H22O5. The number of hydrogen-bond acceptors (Lipinski definition) is 5. The lowest BCUT2D eigenvalue weighted by Gasteiger charge is -2.11. The number of esters is 1. The van der Waals surface area contributed by atoms with Crippen LogP contribution < -0.4 is 9.47 Å². The Morgan fingerprint density at radius 3 is 2.46 bits per heavy atom. The van der Waals surface area contributed by atoms with E-state index in [4.69, 9.17) is 14.2 Å². The van der Waals surface area contributed by atoms with E-state index in [1.807, 2.05) is 36.4 Å². The summed E-state index contributed by atoms with van der Waals surface area (Å²) in [6.07, 6.45) is 0.719. The molecule has 1 N–H and O–H groups in total. The third-order valence-corrected chi connectivity index (χ3v) is 4.21. The summed E-state index contributed by atoms with van der Waals surface area (Å²) in [5.41, 5.74) is 2.36. The molecule has 5 nitrogen and oxygen atoms in total. The first-order valence-electron chi connectivity index (χ1n) is 8.95. The van der Waals surface area contributed by atoms with Gasteiger partial charge in [0.25, 0.3) is 0 Å². The standard InChI is InChI=1S/C23H22O5/c1-26-23(25)22-8-3-2-6-18(22)16-28-21-7-4-5-17(15-21)13-14-27-20-11-9-19(24)10-12-20/h2-12,15,24H,13-14,16H2,1H3. The fraction of sp³-hybridized carbons (Fsp3) is 0.174. The zero-order valence-corrected chi connectivity index (χ0v) is 15.6. The lowest BCUT2D eigenvalue weighted by Crippen LogP contribution is -2.08. The lowest BCUT2D eigenvalue weighted by atomic mass is 10.1. The largest absolute Gasteiger partial charge is 0.508 e. The molecule has 0 amide bonds. The second-order valence-corrected chi connectivity index (χ2v) is 6.18. The highest BCUT2D eigenvalue weighted by Crippen LogP contribution is 2.19. The molecule has 0 spiro atoms. The Morgan fingerprint density at radius 1 is 0.893 bits per heavy atom. The van der Waals surface area contributed by atoms with E-state index in [0.717, 1.165) is 23.3 Å². The highest BCUT2D eigenvalue weighted by molar-refractivity contribution is 5.90. The summed E-state index contributed by atoms with van der Waals surface area (Å²) in [6.45, 7) is 0.790. The molecule has 3 rings (SSSR count). The Bertz CT molecular complexity index is 918. The van der Waals surface area contributed by atoms with Gasteiger partial charge in [0.2, 0.25) is 0 Å². The van der Waals surface area contributed by atoms with Crippen molar-refractivity contribution in [3.63, 3.8) is 0 Å². The Kier molecular flexibility index (Phi) is 6.52. The maximum atomic E-state index is 11.8. The van der Waals surface area contributed by atoms with Crippen molar-refractivity contribution < 1.29 is 24.1 Å². The van der Waals surface area contributed by atoms with Gasteiger partial charge < -0.3 is 19.3 Å². The number of rotatable bonds is 8. The van der Waals surface area contributed by atoms with Crippen LogP contribution in [0.2, 0.25) is 0 Å². The number of hydrogen-bond donors (Lipinski definition) is 1. The SMILES string of the molecule is COC(=O)c1ccccc1COc1cccc(CCOc2ccc(O)cc2)c1. The number of ether oxygens (including phenoxy) is 3. The minimum Gasteiger partial charge on any atom is -0.508 e. The maximum absolute atomic E-state index is 11.8. The van der Waals surface area contributed by atoms with Crippen LogP contribution in [0, 0.1) is 0 Å². The van der Waals surface area contributed by atoms with Gasteiger partial charge in [0.1, 0.15) is 23.9 Å². The van der Waals surface area contributed by atoms with Gasteiger partial charge in [-0.25, -0.2) is 4.79 Å².